The van der Waals surface area contributed by atoms with E-state index >= 15 is 0 Å². The number of likely N-dealkylation sites (tertiary alicyclic amines) is 1. The quantitative estimate of drug-likeness (QED) is 0.592. The highest BCUT2D eigenvalue weighted by Crippen LogP contribution is 2.19. The van der Waals surface area contributed by atoms with Crippen LogP contribution in [0.1, 0.15) is 19.8 Å². The Morgan fingerprint density at radius 1 is 1.62 bits per heavy atom. The number of rotatable bonds is 1. The molecule has 0 spiro atoms. The minimum atomic E-state index is -1.48. The molecule has 0 radical (unpaired) electrons. The van der Waals surface area contributed by atoms with Gasteiger partial charge in [-0.1, -0.05) is 0 Å². The molecule has 2 amide bonds. The second kappa shape index (κ2) is 3.42. The van der Waals surface area contributed by atoms with Crippen LogP contribution in [0.3, 0.4) is 0 Å². The van der Waals surface area contributed by atoms with Gasteiger partial charge in [-0.3, -0.25) is 9.59 Å². The zero-order chi connectivity index (χ0) is 10.0. The molecule has 0 aromatic rings. The van der Waals surface area contributed by atoms with E-state index in [2.05, 4.69) is 4.74 Å². The van der Waals surface area contributed by atoms with E-state index in [0.29, 0.717) is 0 Å². The van der Waals surface area contributed by atoms with Crippen molar-refractivity contribution in [3.05, 3.63) is 0 Å². The van der Waals surface area contributed by atoms with Gasteiger partial charge in [-0.2, -0.15) is 0 Å². The Morgan fingerprint density at radius 3 is 2.69 bits per heavy atom. The summed E-state index contributed by atoms with van der Waals surface area (Å²) in [6, 6.07) is 0. The molecule has 1 fully saturated rings. The van der Waals surface area contributed by atoms with Crippen LogP contribution in [0.4, 0.5) is 4.79 Å². The number of amides is 2. The van der Waals surface area contributed by atoms with Gasteiger partial charge in [0.25, 0.3) is 0 Å². The molecule has 0 saturated carbocycles. The van der Waals surface area contributed by atoms with E-state index in [1.807, 2.05) is 0 Å². The molecule has 1 aliphatic rings. The molecule has 13 heavy (non-hydrogen) atoms. The van der Waals surface area contributed by atoms with E-state index in [1.165, 1.54) is 6.92 Å². The van der Waals surface area contributed by atoms with Crippen molar-refractivity contribution in [3.8, 4) is 0 Å². The van der Waals surface area contributed by atoms with Crippen LogP contribution < -0.4 is 0 Å². The van der Waals surface area contributed by atoms with Crippen molar-refractivity contribution in [2.45, 2.75) is 26.0 Å². The first-order valence-corrected chi connectivity index (χ1v) is 3.74. The predicted octanol–water partition coefficient (Wildman–Crippen LogP) is 0.176. The summed E-state index contributed by atoms with van der Waals surface area (Å²) in [6.07, 6.45) is -2.03. The third kappa shape index (κ3) is 1.95. The average molecular weight is 187 g/mol. The van der Waals surface area contributed by atoms with Crippen LogP contribution in [0, 0.1) is 0 Å². The molecule has 1 saturated heterocycles. The molecule has 1 atom stereocenters. The summed E-state index contributed by atoms with van der Waals surface area (Å²) in [5.41, 5.74) is 0. The minimum absolute atomic E-state index is 0.150. The molecule has 0 aromatic heterocycles. The fraction of sp³-hybridized carbons (Fsp3) is 0.571. The number of carbonyl (C=O) groups is 3. The highest BCUT2D eigenvalue weighted by Gasteiger charge is 2.36. The molecular weight excluding hydrogens is 178 g/mol. The van der Waals surface area contributed by atoms with E-state index in [4.69, 9.17) is 5.11 Å². The second-order valence-electron chi connectivity index (χ2n) is 2.66. The Bertz CT molecular complexity index is 262. The zero-order valence-electron chi connectivity index (χ0n) is 7.02. The minimum Gasteiger partial charge on any atom is -0.450 e. The summed E-state index contributed by atoms with van der Waals surface area (Å²) < 4.78 is 4.36. The standard InChI is InChI=1S/C7H9NO5/c1-4(9)8-5(10)2-3-6(8)13-7(11)12/h6H,2-3H2,1H3,(H,11,12). The maximum absolute atomic E-state index is 11.0. The lowest BCUT2D eigenvalue weighted by molar-refractivity contribution is -0.148. The molecular formula is C7H9NO5. The second-order valence-corrected chi connectivity index (χ2v) is 2.66. The van der Waals surface area contributed by atoms with Gasteiger partial charge in [-0.25, -0.2) is 9.69 Å². The van der Waals surface area contributed by atoms with Gasteiger partial charge in [0.05, 0.1) is 0 Å². The predicted molar refractivity (Wildman–Crippen MR) is 39.7 cm³/mol. The molecule has 0 bridgehead atoms. The molecule has 1 N–H and O–H groups in total. The topological polar surface area (TPSA) is 83.9 Å². The first-order chi connectivity index (χ1) is 6.02. The maximum atomic E-state index is 11.0. The SMILES string of the molecule is CC(=O)N1C(=O)CCC1OC(=O)O. The van der Waals surface area contributed by atoms with Crippen LogP contribution in [0.25, 0.3) is 0 Å². The van der Waals surface area contributed by atoms with Gasteiger partial charge in [0.1, 0.15) is 0 Å². The smallest absolute Gasteiger partial charge is 0.450 e. The normalized spacial score (nSPS) is 21.8. The van der Waals surface area contributed by atoms with Gasteiger partial charge in [0.15, 0.2) is 6.23 Å². The molecule has 1 heterocycles. The molecule has 1 rings (SSSR count). The average Bonchev–Trinajstić information content (AvgIpc) is 2.30. The van der Waals surface area contributed by atoms with Crippen molar-refractivity contribution in [3.63, 3.8) is 0 Å². The Kier molecular flexibility index (Phi) is 2.50. The Balaban J connectivity index is 2.69. The fourth-order valence-electron chi connectivity index (χ4n) is 1.26. The largest absolute Gasteiger partial charge is 0.507 e. The van der Waals surface area contributed by atoms with Gasteiger partial charge in [0, 0.05) is 19.8 Å². The molecule has 0 aliphatic carbocycles. The highest BCUT2D eigenvalue weighted by molar-refractivity contribution is 5.96. The fourth-order valence-corrected chi connectivity index (χ4v) is 1.26. The summed E-state index contributed by atoms with van der Waals surface area (Å²) >= 11 is 0. The number of carbonyl (C=O) groups excluding carboxylic acids is 2. The Labute approximate surface area is 74.1 Å². The summed E-state index contributed by atoms with van der Waals surface area (Å²) in [6.45, 7) is 1.20. The van der Waals surface area contributed by atoms with Gasteiger partial charge in [0.2, 0.25) is 11.8 Å². The van der Waals surface area contributed by atoms with E-state index < -0.39 is 24.2 Å². The lowest BCUT2D eigenvalue weighted by Crippen LogP contribution is -2.39. The Hall–Kier alpha value is -1.59. The maximum Gasteiger partial charge on any atom is 0.507 e. The van der Waals surface area contributed by atoms with Crippen LogP contribution in [-0.2, 0) is 14.3 Å². The molecule has 6 heteroatoms. The number of carboxylic acid groups (broad SMARTS) is 1. The van der Waals surface area contributed by atoms with E-state index in [9.17, 15) is 14.4 Å². The zero-order valence-corrected chi connectivity index (χ0v) is 7.02. The summed E-state index contributed by atoms with van der Waals surface area (Å²) in [5.74, 6) is -0.882. The van der Waals surface area contributed by atoms with Crippen molar-refractivity contribution in [1.82, 2.24) is 4.90 Å². The van der Waals surface area contributed by atoms with Crippen molar-refractivity contribution >= 4 is 18.0 Å². The van der Waals surface area contributed by atoms with E-state index in [-0.39, 0.29) is 12.8 Å². The van der Waals surface area contributed by atoms with Crippen molar-refractivity contribution in [1.29, 1.82) is 0 Å². The molecule has 0 aromatic carbocycles. The van der Waals surface area contributed by atoms with Crippen molar-refractivity contribution < 1.29 is 24.2 Å². The van der Waals surface area contributed by atoms with Crippen LogP contribution in [0.5, 0.6) is 0 Å². The number of ether oxygens (including phenoxy) is 1. The molecule has 1 aliphatic heterocycles. The molecule has 72 valence electrons. The van der Waals surface area contributed by atoms with Crippen LogP contribution in [-0.4, -0.2) is 34.2 Å². The van der Waals surface area contributed by atoms with Gasteiger partial charge < -0.3 is 9.84 Å². The van der Waals surface area contributed by atoms with Crippen LogP contribution in [0.15, 0.2) is 0 Å². The van der Waals surface area contributed by atoms with Crippen molar-refractivity contribution in [2.75, 3.05) is 0 Å². The first kappa shape index (κ1) is 9.50. The lowest BCUT2D eigenvalue weighted by atomic mass is 10.3. The Morgan fingerprint density at radius 2 is 2.23 bits per heavy atom. The number of hydrogen-bond acceptors (Lipinski definition) is 4. The van der Waals surface area contributed by atoms with Crippen LogP contribution >= 0.6 is 0 Å². The third-order valence-electron chi connectivity index (χ3n) is 1.74. The summed E-state index contributed by atoms with van der Waals surface area (Å²) in [7, 11) is 0. The van der Waals surface area contributed by atoms with Gasteiger partial charge in [-0.15, -0.1) is 0 Å². The van der Waals surface area contributed by atoms with Crippen molar-refractivity contribution in [2.24, 2.45) is 0 Å². The lowest BCUT2D eigenvalue weighted by Gasteiger charge is -2.19. The number of nitrogens with zero attached hydrogens (tertiary/aromatic N) is 1. The first-order valence-electron chi connectivity index (χ1n) is 3.74. The van der Waals surface area contributed by atoms with Gasteiger partial charge >= 0.3 is 6.16 Å². The van der Waals surface area contributed by atoms with Crippen LogP contribution in [0.2, 0.25) is 0 Å². The van der Waals surface area contributed by atoms with Gasteiger partial charge in [-0.05, 0) is 0 Å². The molecule has 6 nitrogen and oxygen atoms in total. The third-order valence-corrected chi connectivity index (χ3v) is 1.74. The van der Waals surface area contributed by atoms with E-state index in [1.54, 1.807) is 0 Å². The number of imide groups is 1. The van der Waals surface area contributed by atoms with E-state index in [0.717, 1.165) is 4.90 Å². The molecule has 1 unspecified atom stereocenters. The summed E-state index contributed by atoms with van der Waals surface area (Å²) in [4.78, 5) is 32.9. The highest BCUT2D eigenvalue weighted by atomic mass is 16.7. The monoisotopic (exact) mass is 187 g/mol. The number of hydrogen-bond donors (Lipinski definition) is 1. The summed E-state index contributed by atoms with van der Waals surface area (Å²) in [5, 5.41) is 8.29.